The molecule has 0 aliphatic heterocycles. The summed E-state index contributed by atoms with van der Waals surface area (Å²) in [4.78, 5) is 38.1. The average Bonchev–Trinajstić information content (AvgIpc) is 3.29. The van der Waals surface area contributed by atoms with E-state index in [1.54, 1.807) is 0 Å². The summed E-state index contributed by atoms with van der Waals surface area (Å²) >= 11 is 0. The van der Waals surface area contributed by atoms with Crippen molar-refractivity contribution in [1.82, 2.24) is 0 Å². The standard InChI is InChI=1S/C59H114O6/c1-5-7-9-11-13-15-17-19-21-23-24-26-27-29-34-38-42-46-50-57(60)63-53-56(54-64-58(61)51-47-43-39-35-32-31-33-37-41-45-49-55(3)4)65-59(62)52-48-44-40-36-30-28-25-22-20-18-16-14-12-10-8-6-2/h55-56H,5-54H2,1-4H3/t56-/m1/s1. The zero-order valence-electron chi connectivity index (χ0n) is 44.5. The SMILES string of the molecule is CCCCCCCCCCCCCCCCCCCCC(=O)OC[C@H](COC(=O)CCCCCCCCCCCCC(C)C)OC(=O)CCCCCCCCCCCCCCCCCC. The molecule has 0 spiro atoms. The third-order valence-corrected chi connectivity index (χ3v) is 13.5. The molecule has 0 heterocycles. The molecule has 0 amide bonds. The van der Waals surface area contributed by atoms with Gasteiger partial charge in [0, 0.05) is 19.3 Å². The Morgan fingerprint density at radius 2 is 0.508 bits per heavy atom. The van der Waals surface area contributed by atoms with E-state index in [4.69, 9.17) is 14.2 Å². The predicted molar refractivity (Wildman–Crippen MR) is 280 cm³/mol. The van der Waals surface area contributed by atoms with E-state index in [1.807, 2.05) is 0 Å². The summed E-state index contributed by atoms with van der Waals surface area (Å²) in [5.74, 6) is -0.0167. The second-order valence-electron chi connectivity index (χ2n) is 20.8. The van der Waals surface area contributed by atoms with Gasteiger partial charge in [0.1, 0.15) is 13.2 Å². The molecule has 1 atom stereocenters. The molecule has 386 valence electrons. The zero-order valence-corrected chi connectivity index (χ0v) is 44.5. The van der Waals surface area contributed by atoms with Crippen LogP contribution in [-0.4, -0.2) is 37.2 Å². The number of carbonyl (C=O) groups excluding carboxylic acids is 3. The quantitative estimate of drug-likeness (QED) is 0.0344. The number of rotatable bonds is 54. The minimum Gasteiger partial charge on any atom is -0.462 e. The molecule has 0 saturated carbocycles. The second kappa shape index (κ2) is 53.4. The normalized spacial score (nSPS) is 12.0. The molecule has 0 unspecified atom stereocenters. The van der Waals surface area contributed by atoms with Gasteiger partial charge in [-0.2, -0.15) is 0 Å². The Morgan fingerprint density at radius 1 is 0.292 bits per heavy atom. The van der Waals surface area contributed by atoms with Crippen LogP contribution in [-0.2, 0) is 28.6 Å². The molecule has 65 heavy (non-hydrogen) atoms. The number of ether oxygens (including phenoxy) is 3. The fourth-order valence-electron chi connectivity index (χ4n) is 9.10. The van der Waals surface area contributed by atoms with Crippen LogP contribution in [0.2, 0.25) is 0 Å². The summed E-state index contributed by atoms with van der Waals surface area (Å²) in [6.07, 6.45) is 58.1. The lowest BCUT2D eigenvalue weighted by atomic mass is 10.0. The van der Waals surface area contributed by atoms with Gasteiger partial charge in [0.2, 0.25) is 0 Å². The molecule has 0 aromatic carbocycles. The highest BCUT2D eigenvalue weighted by molar-refractivity contribution is 5.71. The van der Waals surface area contributed by atoms with Gasteiger partial charge in [-0.1, -0.05) is 297 Å². The van der Waals surface area contributed by atoms with Crippen molar-refractivity contribution in [2.45, 2.75) is 342 Å². The number of unbranched alkanes of at least 4 members (excludes halogenated alkanes) is 41. The Kier molecular flexibility index (Phi) is 52.1. The Bertz CT molecular complexity index is 980. The van der Waals surface area contributed by atoms with Gasteiger partial charge < -0.3 is 14.2 Å². The molecule has 0 fully saturated rings. The molecule has 0 aromatic rings. The van der Waals surface area contributed by atoms with Gasteiger partial charge in [0.15, 0.2) is 6.10 Å². The van der Waals surface area contributed by atoms with Crippen LogP contribution in [0.4, 0.5) is 0 Å². The summed E-state index contributed by atoms with van der Waals surface area (Å²) in [6.45, 7) is 9.05. The minimum absolute atomic E-state index is 0.0619. The van der Waals surface area contributed by atoms with Crippen LogP contribution in [0.15, 0.2) is 0 Å². The number of esters is 3. The van der Waals surface area contributed by atoms with Crippen molar-refractivity contribution in [1.29, 1.82) is 0 Å². The third kappa shape index (κ3) is 53.2. The van der Waals surface area contributed by atoms with Crippen molar-refractivity contribution in [3.05, 3.63) is 0 Å². The third-order valence-electron chi connectivity index (χ3n) is 13.5. The first-order chi connectivity index (χ1) is 31.9. The van der Waals surface area contributed by atoms with Crippen molar-refractivity contribution in [3.8, 4) is 0 Å². The monoisotopic (exact) mass is 919 g/mol. The van der Waals surface area contributed by atoms with Gasteiger partial charge >= 0.3 is 17.9 Å². The fourth-order valence-corrected chi connectivity index (χ4v) is 9.10. The molecular formula is C59H114O6. The fraction of sp³-hybridized carbons (Fsp3) is 0.949. The summed E-state index contributed by atoms with van der Waals surface area (Å²) in [5.41, 5.74) is 0. The second-order valence-corrected chi connectivity index (χ2v) is 20.8. The Balaban J connectivity index is 4.28. The van der Waals surface area contributed by atoms with Crippen molar-refractivity contribution in [2.24, 2.45) is 5.92 Å². The van der Waals surface area contributed by atoms with Crippen LogP contribution in [0.1, 0.15) is 336 Å². The van der Waals surface area contributed by atoms with Crippen molar-refractivity contribution in [2.75, 3.05) is 13.2 Å². The molecule has 0 saturated heterocycles. The maximum absolute atomic E-state index is 12.8. The highest BCUT2D eigenvalue weighted by Gasteiger charge is 2.19. The Labute approximate surface area is 406 Å². The first kappa shape index (κ1) is 63.4. The predicted octanol–water partition coefficient (Wildman–Crippen LogP) is 19.4. The molecule has 0 aliphatic rings. The van der Waals surface area contributed by atoms with Gasteiger partial charge in [0.05, 0.1) is 0 Å². The molecule has 0 radical (unpaired) electrons. The molecule has 0 bridgehead atoms. The van der Waals surface area contributed by atoms with Crippen LogP contribution in [0.5, 0.6) is 0 Å². The van der Waals surface area contributed by atoms with Crippen molar-refractivity contribution in [3.63, 3.8) is 0 Å². The number of hydrogen-bond donors (Lipinski definition) is 0. The number of hydrogen-bond acceptors (Lipinski definition) is 6. The lowest BCUT2D eigenvalue weighted by Gasteiger charge is -2.18. The van der Waals surface area contributed by atoms with E-state index in [9.17, 15) is 14.4 Å². The van der Waals surface area contributed by atoms with Crippen LogP contribution in [0, 0.1) is 5.92 Å². The lowest BCUT2D eigenvalue weighted by Crippen LogP contribution is -2.30. The molecule has 0 aliphatic carbocycles. The smallest absolute Gasteiger partial charge is 0.306 e. The minimum atomic E-state index is -0.762. The summed E-state index contributed by atoms with van der Waals surface area (Å²) in [6, 6.07) is 0. The molecular weight excluding hydrogens is 805 g/mol. The van der Waals surface area contributed by atoms with Gasteiger partial charge in [0.25, 0.3) is 0 Å². The van der Waals surface area contributed by atoms with Crippen LogP contribution in [0.3, 0.4) is 0 Å². The Morgan fingerprint density at radius 3 is 0.754 bits per heavy atom. The van der Waals surface area contributed by atoms with Crippen LogP contribution in [0.25, 0.3) is 0 Å². The van der Waals surface area contributed by atoms with E-state index < -0.39 is 6.10 Å². The van der Waals surface area contributed by atoms with Gasteiger partial charge in [-0.05, 0) is 25.2 Å². The van der Waals surface area contributed by atoms with Crippen molar-refractivity contribution < 1.29 is 28.6 Å². The first-order valence-electron chi connectivity index (χ1n) is 29.4. The molecule has 0 rings (SSSR count). The summed E-state index contributed by atoms with van der Waals surface area (Å²) in [7, 11) is 0. The largest absolute Gasteiger partial charge is 0.462 e. The lowest BCUT2D eigenvalue weighted by molar-refractivity contribution is -0.167. The summed E-state index contributed by atoms with van der Waals surface area (Å²) in [5, 5.41) is 0. The maximum atomic E-state index is 12.8. The molecule has 0 N–H and O–H groups in total. The Hall–Kier alpha value is -1.59. The molecule has 6 nitrogen and oxygen atoms in total. The average molecular weight is 920 g/mol. The number of carbonyl (C=O) groups is 3. The van der Waals surface area contributed by atoms with Gasteiger partial charge in [-0.25, -0.2) is 0 Å². The van der Waals surface area contributed by atoms with E-state index in [-0.39, 0.29) is 31.1 Å². The summed E-state index contributed by atoms with van der Waals surface area (Å²) < 4.78 is 16.9. The van der Waals surface area contributed by atoms with Gasteiger partial charge in [-0.3, -0.25) is 14.4 Å². The highest BCUT2D eigenvalue weighted by Crippen LogP contribution is 2.18. The molecule has 6 heteroatoms. The van der Waals surface area contributed by atoms with E-state index >= 15 is 0 Å². The van der Waals surface area contributed by atoms with E-state index in [0.717, 1.165) is 63.7 Å². The topological polar surface area (TPSA) is 78.9 Å². The van der Waals surface area contributed by atoms with Gasteiger partial charge in [-0.15, -0.1) is 0 Å². The highest BCUT2D eigenvalue weighted by atomic mass is 16.6. The van der Waals surface area contributed by atoms with E-state index in [1.165, 1.54) is 231 Å². The van der Waals surface area contributed by atoms with E-state index in [0.29, 0.717) is 19.3 Å². The first-order valence-corrected chi connectivity index (χ1v) is 29.4. The maximum Gasteiger partial charge on any atom is 0.306 e. The zero-order chi connectivity index (χ0) is 47.4. The van der Waals surface area contributed by atoms with Crippen LogP contribution >= 0.6 is 0 Å². The van der Waals surface area contributed by atoms with Crippen molar-refractivity contribution >= 4 is 17.9 Å². The molecule has 0 aromatic heterocycles. The van der Waals surface area contributed by atoms with E-state index in [2.05, 4.69) is 27.7 Å². The van der Waals surface area contributed by atoms with Crippen LogP contribution < -0.4 is 0 Å².